The van der Waals surface area contributed by atoms with Crippen LogP contribution in [0.1, 0.15) is 11.3 Å². The van der Waals surface area contributed by atoms with Crippen LogP contribution in [-0.4, -0.2) is 29.4 Å². The minimum Gasteiger partial charge on any atom is -0.340 e. The Hall–Kier alpha value is -3.14. The molecular formula is C22H21N3O. The summed E-state index contributed by atoms with van der Waals surface area (Å²) in [5, 5.41) is 0. The van der Waals surface area contributed by atoms with E-state index in [0.717, 1.165) is 33.8 Å². The number of hydrogen-bond donors (Lipinski definition) is 0. The van der Waals surface area contributed by atoms with Gasteiger partial charge in [-0.1, -0.05) is 36.4 Å². The number of rotatable bonds is 2. The van der Waals surface area contributed by atoms with E-state index < -0.39 is 0 Å². The Morgan fingerprint density at radius 3 is 2.54 bits per heavy atom. The number of anilines is 2. The molecule has 0 saturated carbocycles. The minimum absolute atomic E-state index is 0.115. The molecule has 1 amide bonds. The highest BCUT2D eigenvalue weighted by atomic mass is 16.2. The Balaban J connectivity index is 1.87. The van der Waals surface area contributed by atoms with E-state index in [-0.39, 0.29) is 5.91 Å². The Morgan fingerprint density at radius 1 is 0.962 bits per heavy atom. The molecule has 4 nitrogen and oxygen atoms in total. The molecule has 0 unspecified atom stereocenters. The highest BCUT2D eigenvalue weighted by Gasteiger charge is 2.24. The zero-order valence-electron chi connectivity index (χ0n) is 15.0. The van der Waals surface area contributed by atoms with Crippen LogP contribution in [0.4, 0.5) is 11.4 Å². The lowest BCUT2D eigenvalue weighted by Crippen LogP contribution is -2.32. The summed E-state index contributed by atoms with van der Waals surface area (Å²) in [6, 6.07) is 20.6. The van der Waals surface area contributed by atoms with Gasteiger partial charge in [-0.3, -0.25) is 9.78 Å². The topological polar surface area (TPSA) is 36.4 Å². The SMILES string of the molecule is Cc1ncccc1-c1ccc2c(c1)N(c1ccccc1)CC(=O)N(C)C2. The van der Waals surface area contributed by atoms with Crippen LogP contribution in [0.2, 0.25) is 0 Å². The van der Waals surface area contributed by atoms with Gasteiger partial charge in [0.15, 0.2) is 0 Å². The number of para-hydroxylation sites is 1. The van der Waals surface area contributed by atoms with Gasteiger partial charge >= 0.3 is 0 Å². The van der Waals surface area contributed by atoms with Crippen molar-refractivity contribution in [2.45, 2.75) is 13.5 Å². The fraction of sp³-hybridized carbons (Fsp3) is 0.182. The maximum atomic E-state index is 12.5. The maximum absolute atomic E-state index is 12.5. The van der Waals surface area contributed by atoms with Crippen molar-refractivity contribution in [1.29, 1.82) is 0 Å². The van der Waals surface area contributed by atoms with Gasteiger partial charge in [0.2, 0.25) is 5.91 Å². The number of fused-ring (bicyclic) bond motifs is 1. The summed E-state index contributed by atoms with van der Waals surface area (Å²) in [5.41, 5.74) is 6.49. The van der Waals surface area contributed by atoms with Crippen molar-refractivity contribution in [2.75, 3.05) is 18.5 Å². The largest absolute Gasteiger partial charge is 0.340 e. The first-order valence-electron chi connectivity index (χ1n) is 8.75. The lowest BCUT2D eigenvalue weighted by molar-refractivity contribution is -0.128. The van der Waals surface area contributed by atoms with Crippen LogP contribution in [0.15, 0.2) is 66.9 Å². The van der Waals surface area contributed by atoms with E-state index in [1.54, 1.807) is 4.90 Å². The van der Waals surface area contributed by atoms with E-state index in [9.17, 15) is 4.79 Å². The van der Waals surface area contributed by atoms with Gasteiger partial charge in [-0.15, -0.1) is 0 Å². The average molecular weight is 343 g/mol. The maximum Gasteiger partial charge on any atom is 0.242 e. The van der Waals surface area contributed by atoms with Crippen LogP contribution < -0.4 is 4.90 Å². The van der Waals surface area contributed by atoms with Gasteiger partial charge in [-0.25, -0.2) is 0 Å². The number of nitrogens with zero attached hydrogens (tertiary/aromatic N) is 3. The van der Waals surface area contributed by atoms with E-state index in [1.807, 2.05) is 56.6 Å². The summed E-state index contributed by atoms with van der Waals surface area (Å²) in [6.07, 6.45) is 1.81. The van der Waals surface area contributed by atoms with Gasteiger partial charge in [-0.05, 0) is 42.3 Å². The van der Waals surface area contributed by atoms with Crippen molar-refractivity contribution < 1.29 is 4.79 Å². The molecule has 0 atom stereocenters. The van der Waals surface area contributed by atoms with Crippen molar-refractivity contribution in [3.05, 3.63) is 78.1 Å². The molecule has 0 bridgehead atoms. The number of benzene rings is 2. The van der Waals surface area contributed by atoms with Crippen molar-refractivity contribution in [2.24, 2.45) is 0 Å². The third-order valence-electron chi connectivity index (χ3n) is 4.89. The summed E-state index contributed by atoms with van der Waals surface area (Å²) in [7, 11) is 1.86. The Morgan fingerprint density at radius 2 is 1.77 bits per heavy atom. The fourth-order valence-electron chi connectivity index (χ4n) is 3.43. The fourth-order valence-corrected chi connectivity index (χ4v) is 3.43. The monoisotopic (exact) mass is 343 g/mol. The van der Waals surface area contributed by atoms with Crippen molar-refractivity contribution in [3.63, 3.8) is 0 Å². The molecule has 1 aromatic heterocycles. The van der Waals surface area contributed by atoms with Crippen molar-refractivity contribution in [3.8, 4) is 11.1 Å². The predicted octanol–water partition coefficient (Wildman–Crippen LogP) is 4.17. The van der Waals surface area contributed by atoms with Gasteiger partial charge in [0.25, 0.3) is 0 Å². The molecule has 2 heterocycles. The molecule has 130 valence electrons. The summed E-state index contributed by atoms with van der Waals surface area (Å²) < 4.78 is 0. The molecule has 1 aliphatic heterocycles. The molecule has 4 rings (SSSR count). The van der Waals surface area contributed by atoms with Gasteiger partial charge in [-0.2, -0.15) is 0 Å². The molecule has 0 saturated heterocycles. The first kappa shape index (κ1) is 16.3. The minimum atomic E-state index is 0.115. The number of carbonyl (C=O) groups excluding carboxylic acids is 1. The molecule has 0 spiro atoms. The van der Waals surface area contributed by atoms with E-state index in [0.29, 0.717) is 13.1 Å². The standard InChI is InChI=1S/C22H21N3O/c1-16-20(9-6-12-23-16)17-10-11-18-14-24(2)22(26)15-25(21(18)13-17)19-7-4-3-5-8-19/h3-13H,14-15H2,1-2H3. The second-order valence-corrected chi connectivity index (χ2v) is 6.65. The lowest BCUT2D eigenvalue weighted by Gasteiger charge is -2.24. The smallest absolute Gasteiger partial charge is 0.242 e. The van der Waals surface area contributed by atoms with Crippen molar-refractivity contribution >= 4 is 17.3 Å². The second-order valence-electron chi connectivity index (χ2n) is 6.65. The molecule has 26 heavy (non-hydrogen) atoms. The van der Waals surface area contributed by atoms with Gasteiger partial charge < -0.3 is 9.80 Å². The Bertz CT molecular complexity index is 953. The Kier molecular flexibility index (Phi) is 4.17. The number of hydrogen-bond acceptors (Lipinski definition) is 3. The van der Waals surface area contributed by atoms with Crippen LogP contribution in [0.5, 0.6) is 0 Å². The summed E-state index contributed by atoms with van der Waals surface area (Å²) in [6.45, 7) is 2.97. The third-order valence-corrected chi connectivity index (χ3v) is 4.89. The summed E-state index contributed by atoms with van der Waals surface area (Å²) >= 11 is 0. The summed E-state index contributed by atoms with van der Waals surface area (Å²) in [5.74, 6) is 0.115. The molecule has 1 aliphatic rings. The number of amides is 1. The molecular weight excluding hydrogens is 322 g/mol. The van der Waals surface area contributed by atoms with Gasteiger partial charge in [0, 0.05) is 42.4 Å². The lowest BCUT2D eigenvalue weighted by atomic mass is 10.0. The van der Waals surface area contributed by atoms with Crippen LogP contribution in [0.25, 0.3) is 11.1 Å². The van der Waals surface area contributed by atoms with E-state index in [2.05, 4.69) is 34.1 Å². The zero-order chi connectivity index (χ0) is 18.1. The number of aryl methyl sites for hydroxylation is 1. The predicted molar refractivity (Wildman–Crippen MR) is 104 cm³/mol. The third kappa shape index (κ3) is 2.94. The first-order chi connectivity index (χ1) is 12.6. The van der Waals surface area contributed by atoms with Gasteiger partial charge in [0.1, 0.15) is 6.54 Å². The Labute approximate surface area is 153 Å². The van der Waals surface area contributed by atoms with E-state index in [1.165, 1.54) is 0 Å². The van der Waals surface area contributed by atoms with Crippen LogP contribution >= 0.6 is 0 Å². The van der Waals surface area contributed by atoms with Crippen LogP contribution in [0, 0.1) is 6.92 Å². The quantitative estimate of drug-likeness (QED) is 0.701. The van der Waals surface area contributed by atoms with E-state index in [4.69, 9.17) is 0 Å². The zero-order valence-corrected chi connectivity index (χ0v) is 15.0. The number of carbonyl (C=O) groups is 1. The van der Waals surface area contributed by atoms with E-state index >= 15 is 0 Å². The average Bonchev–Trinajstić information content (AvgIpc) is 2.79. The number of pyridine rings is 1. The van der Waals surface area contributed by atoms with Gasteiger partial charge in [0.05, 0.1) is 0 Å². The number of likely N-dealkylation sites (N-methyl/N-ethyl adjacent to an activating group) is 1. The molecule has 4 heteroatoms. The first-order valence-corrected chi connectivity index (χ1v) is 8.75. The molecule has 0 aliphatic carbocycles. The number of aromatic nitrogens is 1. The molecule has 0 N–H and O–H groups in total. The van der Waals surface area contributed by atoms with Crippen molar-refractivity contribution in [1.82, 2.24) is 9.88 Å². The summed E-state index contributed by atoms with van der Waals surface area (Å²) in [4.78, 5) is 20.9. The molecule has 2 aromatic carbocycles. The molecule has 3 aromatic rings. The molecule has 0 radical (unpaired) electrons. The van der Waals surface area contributed by atoms with Crippen LogP contribution in [0.3, 0.4) is 0 Å². The highest BCUT2D eigenvalue weighted by molar-refractivity contribution is 5.87. The normalized spacial score (nSPS) is 14.2. The molecule has 0 fully saturated rings. The highest BCUT2D eigenvalue weighted by Crippen LogP contribution is 2.35. The second kappa shape index (κ2) is 6.64. The van der Waals surface area contributed by atoms with Crippen LogP contribution in [-0.2, 0) is 11.3 Å².